The maximum atomic E-state index is 12.9. The van der Waals surface area contributed by atoms with Crippen molar-refractivity contribution in [2.45, 2.75) is 0 Å². The van der Waals surface area contributed by atoms with Crippen LogP contribution in [0.25, 0.3) is 28.6 Å². The number of nitro benzene ring substituents is 1. The van der Waals surface area contributed by atoms with Gasteiger partial charge in [0.2, 0.25) is 0 Å². The molecule has 0 aliphatic carbocycles. The van der Waals surface area contributed by atoms with Crippen molar-refractivity contribution < 1.29 is 14.5 Å². The van der Waals surface area contributed by atoms with Gasteiger partial charge in [-0.3, -0.25) is 14.7 Å². The van der Waals surface area contributed by atoms with Gasteiger partial charge in [0.1, 0.15) is 11.6 Å². The summed E-state index contributed by atoms with van der Waals surface area (Å²) in [5, 5.41) is 11.3. The van der Waals surface area contributed by atoms with Gasteiger partial charge in [-0.1, -0.05) is 66.7 Å². The first kappa shape index (κ1) is 21.8. The Morgan fingerprint density at radius 3 is 2.06 bits per heavy atom. The smallest absolute Gasteiger partial charge is 0.343 e. The van der Waals surface area contributed by atoms with Gasteiger partial charge in [0.05, 0.1) is 21.5 Å². The van der Waals surface area contributed by atoms with Crippen molar-refractivity contribution in [3.05, 3.63) is 136 Å². The lowest BCUT2D eigenvalue weighted by Gasteiger charge is -2.11. The molecule has 0 radical (unpaired) electrons. The van der Waals surface area contributed by atoms with E-state index in [0.717, 1.165) is 5.69 Å². The van der Waals surface area contributed by atoms with Crippen molar-refractivity contribution in [3.8, 4) is 5.69 Å². The van der Waals surface area contributed by atoms with Crippen molar-refractivity contribution in [1.29, 1.82) is 0 Å². The maximum absolute atomic E-state index is 12.9. The molecule has 0 saturated carbocycles. The summed E-state index contributed by atoms with van der Waals surface area (Å²) in [7, 11) is 0. The van der Waals surface area contributed by atoms with Crippen LogP contribution in [0.5, 0.6) is 0 Å². The quantitative estimate of drug-likeness (QED) is 0.128. The molecule has 0 saturated heterocycles. The van der Waals surface area contributed by atoms with Crippen LogP contribution < -0.4 is 0 Å². The molecule has 0 aliphatic rings. The number of carbonyl (C=O) groups excluding carboxylic acids is 1. The third-order valence-electron chi connectivity index (χ3n) is 5.42. The van der Waals surface area contributed by atoms with E-state index < -0.39 is 10.9 Å². The van der Waals surface area contributed by atoms with E-state index in [1.807, 2.05) is 71.3 Å². The molecular weight excluding hydrogens is 442 g/mol. The number of nitro groups is 1. The molecule has 5 aromatic rings. The average Bonchev–Trinajstić information content (AvgIpc) is 3.26. The number of esters is 1. The summed E-state index contributed by atoms with van der Waals surface area (Å²) in [5.41, 5.74) is 3.02. The predicted octanol–water partition coefficient (Wildman–Crippen LogP) is 6.29. The van der Waals surface area contributed by atoms with Crippen LogP contribution in [0, 0.1) is 10.1 Å². The Bertz CT molecular complexity index is 1540. The van der Waals surface area contributed by atoms with Crippen LogP contribution in [0.1, 0.15) is 21.7 Å². The molecule has 5 rings (SSSR count). The number of hydrogen-bond donors (Lipinski definition) is 0. The second kappa shape index (κ2) is 9.44. The largest absolute Gasteiger partial charge is 0.422 e. The molecule has 0 aliphatic heterocycles. The minimum Gasteiger partial charge on any atom is -0.422 e. The molecule has 7 nitrogen and oxygen atoms in total. The van der Waals surface area contributed by atoms with Gasteiger partial charge in [-0.15, -0.1) is 0 Å². The Balaban J connectivity index is 1.69. The number of imidazole rings is 1. The number of para-hydroxylation sites is 1. The third-order valence-corrected chi connectivity index (χ3v) is 5.42. The van der Waals surface area contributed by atoms with Gasteiger partial charge in [0.25, 0.3) is 5.69 Å². The van der Waals surface area contributed by atoms with Gasteiger partial charge < -0.3 is 4.74 Å². The molecule has 0 bridgehead atoms. The maximum Gasteiger partial charge on any atom is 0.343 e. The Morgan fingerprint density at radius 1 is 0.829 bits per heavy atom. The van der Waals surface area contributed by atoms with Crippen molar-refractivity contribution >= 4 is 34.5 Å². The second-order valence-corrected chi connectivity index (χ2v) is 7.70. The summed E-state index contributed by atoms with van der Waals surface area (Å²) >= 11 is 0. The highest BCUT2D eigenvalue weighted by Gasteiger charge is 2.18. The van der Waals surface area contributed by atoms with Crippen molar-refractivity contribution in [1.82, 2.24) is 9.55 Å². The Labute approximate surface area is 200 Å². The van der Waals surface area contributed by atoms with Crippen molar-refractivity contribution in [2.24, 2.45) is 0 Å². The molecule has 7 heteroatoms. The Kier molecular flexibility index (Phi) is 5.88. The monoisotopic (exact) mass is 461 g/mol. The Hall–Kier alpha value is -5.04. The summed E-state index contributed by atoms with van der Waals surface area (Å²) in [6, 6.07) is 32.1. The molecule has 4 aromatic carbocycles. The second-order valence-electron chi connectivity index (χ2n) is 7.70. The third kappa shape index (κ3) is 4.56. The number of non-ortho nitro benzene ring substituents is 1. The summed E-state index contributed by atoms with van der Waals surface area (Å²) in [4.78, 5) is 28.4. The molecule has 0 fully saturated rings. The first-order chi connectivity index (χ1) is 17.1. The fraction of sp³-hybridized carbons (Fsp3) is 0. The summed E-state index contributed by atoms with van der Waals surface area (Å²) in [6.45, 7) is 0. The van der Waals surface area contributed by atoms with Crippen LogP contribution in [0.15, 0.2) is 109 Å². The van der Waals surface area contributed by atoms with E-state index in [-0.39, 0.29) is 5.69 Å². The number of carbonyl (C=O) groups is 1. The minimum atomic E-state index is -0.501. The molecule has 170 valence electrons. The van der Waals surface area contributed by atoms with E-state index in [4.69, 9.17) is 4.74 Å². The van der Waals surface area contributed by atoms with E-state index in [1.165, 1.54) is 12.1 Å². The van der Waals surface area contributed by atoms with Gasteiger partial charge >= 0.3 is 5.97 Å². The number of ether oxygens (including phenoxy) is 1. The molecule has 0 N–H and O–H groups in total. The van der Waals surface area contributed by atoms with Gasteiger partial charge in [-0.05, 0) is 30.3 Å². The van der Waals surface area contributed by atoms with E-state index in [9.17, 15) is 14.9 Å². The number of fused-ring (bicyclic) bond motifs is 1. The highest BCUT2D eigenvalue weighted by Crippen LogP contribution is 2.28. The fourth-order valence-electron chi connectivity index (χ4n) is 3.77. The van der Waals surface area contributed by atoms with Gasteiger partial charge in [-0.2, -0.15) is 0 Å². The first-order valence-corrected chi connectivity index (χ1v) is 10.9. The van der Waals surface area contributed by atoms with Crippen LogP contribution in [-0.2, 0) is 4.74 Å². The van der Waals surface area contributed by atoms with E-state index in [1.54, 1.807) is 36.4 Å². The Morgan fingerprint density at radius 2 is 1.43 bits per heavy atom. The summed E-state index contributed by atoms with van der Waals surface area (Å²) in [5.74, 6) is 0.270. The van der Waals surface area contributed by atoms with Crippen LogP contribution in [-0.4, -0.2) is 20.4 Å². The summed E-state index contributed by atoms with van der Waals surface area (Å²) < 4.78 is 7.71. The molecule has 0 atom stereocenters. The molecule has 0 amide bonds. The van der Waals surface area contributed by atoms with Gasteiger partial charge in [0.15, 0.2) is 0 Å². The van der Waals surface area contributed by atoms with Gasteiger partial charge in [0, 0.05) is 29.5 Å². The van der Waals surface area contributed by atoms with Crippen LogP contribution in [0.3, 0.4) is 0 Å². The highest BCUT2D eigenvalue weighted by molar-refractivity contribution is 5.95. The van der Waals surface area contributed by atoms with Gasteiger partial charge in [-0.25, -0.2) is 9.78 Å². The standard InChI is InChI=1S/C28H19N3O4/c32-28(21-12-6-2-7-13-21)35-26(20-10-4-1-5-11-20)19-27-29-24-18-23(31(33)34)16-17-25(24)30(27)22-14-8-3-9-15-22/h1-19H/b26-19-. The number of benzene rings is 4. The predicted molar refractivity (Wildman–Crippen MR) is 134 cm³/mol. The summed E-state index contributed by atoms with van der Waals surface area (Å²) in [6.07, 6.45) is 1.68. The number of hydrogen-bond acceptors (Lipinski definition) is 5. The normalized spacial score (nSPS) is 11.4. The number of rotatable bonds is 6. The van der Waals surface area contributed by atoms with Crippen molar-refractivity contribution in [3.63, 3.8) is 0 Å². The zero-order valence-corrected chi connectivity index (χ0v) is 18.4. The lowest BCUT2D eigenvalue weighted by atomic mass is 10.1. The topological polar surface area (TPSA) is 87.3 Å². The molecule has 1 aromatic heterocycles. The number of nitrogens with zero attached hydrogens (tertiary/aromatic N) is 3. The highest BCUT2D eigenvalue weighted by atomic mass is 16.6. The van der Waals surface area contributed by atoms with Crippen LogP contribution in [0.4, 0.5) is 5.69 Å². The first-order valence-electron chi connectivity index (χ1n) is 10.9. The zero-order chi connectivity index (χ0) is 24.2. The molecule has 0 spiro atoms. The molecule has 35 heavy (non-hydrogen) atoms. The van der Waals surface area contributed by atoms with Crippen molar-refractivity contribution in [2.75, 3.05) is 0 Å². The molecule has 1 heterocycles. The average molecular weight is 461 g/mol. The molecule has 0 unspecified atom stereocenters. The lowest BCUT2D eigenvalue weighted by molar-refractivity contribution is -0.384. The SMILES string of the molecule is O=C(O/C(=C\c1nc2cc([N+](=O)[O-])ccc2n1-c1ccccc1)c1ccccc1)c1ccccc1. The number of aromatic nitrogens is 2. The van der Waals surface area contributed by atoms with Crippen LogP contribution in [0.2, 0.25) is 0 Å². The minimum absolute atomic E-state index is 0.0514. The van der Waals surface area contributed by atoms with E-state index in [2.05, 4.69) is 4.98 Å². The van der Waals surface area contributed by atoms with Crippen LogP contribution >= 0.6 is 0 Å². The zero-order valence-electron chi connectivity index (χ0n) is 18.4. The fourth-order valence-corrected chi connectivity index (χ4v) is 3.77. The van der Waals surface area contributed by atoms with E-state index >= 15 is 0 Å². The van der Waals surface area contributed by atoms with E-state index in [0.29, 0.717) is 33.7 Å². The molecular formula is C28H19N3O4. The lowest BCUT2D eigenvalue weighted by Crippen LogP contribution is -2.05.